The molecule has 0 unspecified atom stereocenters. The van der Waals surface area contributed by atoms with Gasteiger partial charge in [-0.3, -0.25) is 0 Å². The summed E-state index contributed by atoms with van der Waals surface area (Å²) in [5.41, 5.74) is 4.99. The Hall–Kier alpha value is -1.29. The number of halogens is 3. The summed E-state index contributed by atoms with van der Waals surface area (Å²) in [6.45, 7) is -0.227. The number of hydrogen-bond donors (Lipinski definition) is 2. The number of rotatable bonds is 7. The molecule has 0 atom stereocenters. The van der Waals surface area contributed by atoms with Crippen molar-refractivity contribution in [3.8, 4) is 0 Å². The van der Waals surface area contributed by atoms with Crippen molar-refractivity contribution in [3.63, 3.8) is 0 Å². The summed E-state index contributed by atoms with van der Waals surface area (Å²) in [4.78, 5) is 11.2. The Morgan fingerprint density at radius 2 is 1.86 bits per heavy atom. The normalized spacial score (nSPS) is 11.6. The summed E-state index contributed by atoms with van der Waals surface area (Å²) in [7, 11) is -4.10. The Balaban J connectivity index is 0.00000441. The van der Waals surface area contributed by atoms with Crippen LogP contribution in [-0.4, -0.2) is 40.0 Å². The van der Waals surface area contributed by atoms with Gasteiger partial charge < -0.3 is 10.5 Å². The fourth-order valence-electron chi connectivity index (χ4n) is 1.34. The standard InChI is InChI=1S/C12H16F2N2O4S.ClH/c1-2-20-11(17)9-3-5-10(6-4-9)21(18,19)16-8-12(13,14)7-15;/h3-6,16H,2,7-8,15H2,1H3;1H. The maximum Gasteiger partial charge on any atom is 0.338 e. The van der Waals surface area contributed by atoms with Crippen LogP contribution in [0.5, 0.6) is 0 Å². The van der Waals surface area contributed by atoms with Crippen LogP contribution < -0.4 is 10.5 Å². The van der Waals surface area contributed by atoms with Gasteiger partial charge >= 0.3 is 5.97 Å². The molecule has 0 aliphatic rings. The van der Waals surface area contributed by atoms with Gasteiger partial charge in [0.05, 0.1) is 30.2 Å². The van der Waals surface area contributed by atoms with Crippen LogP contribution in [0.2, 0.25) is 0 Å². The lowest BCUT2D eigenvalue weighted by Gasteiger charge is -2.14. The zero-order chi connectivity index (χ0) is 16.1. The van der Waals surface area contributed by atoms with E-state index in [1.54, 1.807) is 11.6 Å². The molecule has 0 spiro atoms. The number of nitrogens with two attached hydrogens (primary N) is 1. The fourth-order valence-corrected chi connectivity index (χ4v) is 2.40. The molecule has 10 heteroatoms. The van der Waals surface area contributed by atoms with E-state index in [0.717, 1.165) is 12.1 Å². The fraction of sp³-hybridized carbons (Fsp3) is 0.417. The molecule has 1 aromatic rings. The van der Waals surface area contributed by atoms with Gasteiger partial charge in [-0.25, -0.2) is 26.7 Å². The molecule has 0 heterocycles. The third-order valence-corrected chi connectivity index (χ3v) is 3.91. The number of hydrogen-bond acceptors (Lipinski definition) is 5. The first-order valence-corrected chi connectivity index (χ1v) is 7.55. The molecular formula is C12H17ClF2N2O4S. The zero-order valence-electron chi connectivity index (χ0n) is 11.7. The SMILES string of the molecule is CCOC(=O)c1ccc(S(=O)(=O)NCC(F)(F)CN)cc1.Cl. The second kappa shape index (κ2) is 8.37. The topological polar surface area (TPSA) is 98.5 Å². The first-order valence-electron chi connectivity index (χ1n) is 6.06. The van der Waals surface area contributed by atoms with Crippen molar-refractivity contribution < 1.29 is 26.7 Å². The second-order valence-corrected chi connectivity index (χ2v) is 5.90. The summed E-state index contributed by atoms with van der Waals surface area (Å²) in [5, 5.41) is 0. The third-order valence-electron chi connectivity index (χ3n) is 2.50. The molecule has 22 heavy (non-hydrogen) atoms. The molecule has 6 nitrogen and oxygen atoms in total. The van der Waals surface area contributed by atoms with Crippen LogP contribution in [0.3, 0.4) is 0 Å². The van der Waals surface area contributed by atoms with E-state index < -0.39 is 35.0 Å². The highest BCUT2D eigenvalue weighted by Crippen LogP contribution is 2.14. The van der Waals surface area contributed by atoms with Gasteiger partial charge in [-0.15, -0.1) is 12.4 Å². The number of alkyl halides is 2. The Labute approximate surface area is 133 Å². The lowest BCUT2D eigenvalue weighted by atomic mass is 10.2. The van der Waals surface area contributed by atoms with E-state index in [1.165, 1.54) is 12.1 Å². The minimum absolute atomic E-state index is 0. The van der Waals surface area contributed by atoms with Crippen LogP contribution in [0.15, 0.2) is 29.2 Å². The van der Waals surface area contributed by atoms with Crippen LogP contribution in [0.4, 0.5) is 8.78 Å². The van der Waals surface area contributed by atoms with E-state index in [4.69, 9.17) is 10.5 Å². The lowest BCUT2D eigenvalue weighted by molar-refractivity contribution is 0.0170. The predicted octanol–water partition coefficient (Wildman–Crippen LogP) is 1.16. The smallest absolute Gasteiger partial charge is 0.338 e. The maximum atomic E-state index is 12.9. The van der Waals surface area contributed by atoms with E-state index in [1.807, 2.05) is 0 Å². The van der Waals surface area contributed by atoms with E-state index in [2.05, 4.69) is 0 Å². The maximum absolute atomic E-state index is 12.9. The highest BCUT2D eigenvalue weighted by Gasteiger charge is 2.29. The van der Waals surface area contributed by atoms with E-state index in [9.17, 15) is 22.0 Å². The molecule has 1 aromatic carbocycles. The summed E-state index contributed by atoms with van der Waals surface area (Å²) in [6.07, 6.45) is 0. The summed E-state index contributed by atoms with van der Waals surface area (Å²) >= 11 is 0. The van der Waals surface area contributed by atoms with Gasteiger partial charge in [0.15, 0.2) is 0 Å². The third kappa shape index (κ3) is 5.84. The molecule has 3 N–H and O–H groups in total. The summed E-state index contributed by atoms with van der Waals surface area (Å²) in [5.74, 6) is -3.91. The first-order chi connectivity index (χ1) is 9.72. The van der Waals surface area contributed by atoms with Crippen molar-refractivity contribution in [3.05, 3.63) is 29.8 Å². The molecule has 0 amide bonds. The highest BCUT2D eigenvalue weighted by molar-refractivity contribution is 7.89. The molecule has 0 bridgehead atoms. The van der Waals surface area contributed by atoms with Gasteiger partial charge in [0, 0.05) is 0 Å². The molecule has 126 valence electrons. The number of ether oxygens (including phenoxy) is 1. The van der Waals surface area contributed by atoms with Gasteiger partial charge in [-0.2, -0.15) is 0 Å². The van der Waals surface area contributed by atoms with Crippen LogP contribution in [0.1, 0.15) is 17.3 Å². The Kier molecular flexibility index (Phi) is 7.88. The number of nitrogens with one attached hydrogen (secondary N) is 1. The minimum atomic E-state index is -4.10. The Bertz CT molecular complexity index is 594. The van der Waals surface area contributed by atoms with Crippen molar-refractivity contribution in [2.24, 2.45) is 5.73 Å². The van der Waals surface area contributed by atoms with Gasteiger partial charge in [-0.05, 0) is 31.2 Å². The minimum Gasteiger partial charge on any atom is -0.462 e. The molecule has 0 saturated heterocycles. The van der Waals surface area contributed by atoms with Crippen molar-refractivity contribution in [1.82, 2.24) is 4.72 Å². The molecule has 0 aliphatic carbocycles. The molecule has 0 aromatic heterocycles. The first kappa shape index (κ1) is 20.7. The van der Waals surface area contributed by atoms with Crippen LogP contribution in [0, 0.1) is 0 Å². The van der Waals surface area contributed by atoms with Gasteiger partial charge in [0.1, 0.15) is 0 Å². The highest BCUT2D eigenvalue weighted by atomic mass is 35.5. The second-order valence-electron chi connectivity index (χ2n) is 4.13. The van der Waals surface area contributed by atoms with Gasteiger partial charge in [-0.1, -0.05) is 0 Å². The number of carbonyl (C=O) groups is 1. The molecular weight excluding hydrogens is 342 g/mol. The summed E-state index contributed by atoms with van der Waals surface area (Å²) < 4.78 is 56.0. The Morgan fingerprint density at radius 3 is 2.32 bits per heavy atom. The van der Waals surface area contributed by atoms with Crippen LogP contribution >= 0.6 is 12.4 Å². The number of sulfonamides is 1. The summed E-state index contributed by atoms with van der Waals surface area (Å²) in [6, 6.07) is 4.76. The van der Waals surface area contributed by atoms with Gasteiger partial charge in [0.2, 0.25) is 10.0 Å². The van der Waals surface area contributed by atoms with Crippen molar-refractivity contribution in [2.75, 3.05) is 19.7 Å². The van der Waals surface area contributed by atoms with E-state index in [-0.39, 0.29) is 29.5 Å². The van der Waals surface area contributed by atoms with Crippen molar-refractivity contribution in [2.45, 2.75) is 17.7 Å². The molecule has 0 saturated carbocycles. The Morgan fingerprint density at radius 1 is 1.32 bits per heavy atom. The van der Waals surface area contributed by atoms with Crippen molar-refractivity contribution >= 4 is 28.4 Å². The molecule has 0 radical (unpaired) electrons. The predicted molar refractivity (Wildman–Crippen MR) is 78.8 cm³/mol. The van der Waals surface area contributed by atoms with Gasteiger partial charge in [0.25, 0.3) is 5.92 Å². The average Bonchev–Trinajstić information content (AvgIpc) is 2.46. The number of esters is 1. The van der Waals surface area contributed by atoms with Crippen LogP contribution in [-0.2, 0) is 14.8 Å². The quantitative estimate of drug-likeness (QED) is 0.713. The van der Waals surface area contributed by atoms with E-state index >= 15 is 0 Å². The average molecular weight is 359 g/mol. The number of benzene rings is 1. The lowest BCUT2D eigenvalue weighted by Crippen LogP contribution is -2.41. The number of carbonyl (C=O) groups excluding carboxylic acids is 1. The molecule has 0 fully saturated rings. The monoisotopic (exact) mass is 358 g/mol. The zero-order valence-corrected chi connectivity index (χ0v) is 13.3. The molecule has 0 aliphatic heterocycles. The molecule has 1 rings (SSSR count). The largest absolute Gasteiger partial charge is 0.462 e. The van der Waals surface area contributed by atoms with Crippen molar-refractivity contribution in [1.29, 1.82) is 0 Å². The van der Waals surface area contributed by atoms with Crippen LogP contribution in [0.25, 0.3) is 0 Å². The van der Waals surface area contributed by atoms with E-state index in [0.29, 0.717) is 0 Å².